The van der Waals surface area contributed by atoms with Gasteiger partial charge in [-0.1, -0.05) is 60.7 Å². The van der Waals surface area contributed by atoms with Crippen molar-refractivity contribution < 1.29 is 4.79 Å². The van der Waals surface area contributed by atoms with Crippen LogP contribution < -0.4 is 5.32 Å². The SMILES string of the molecule is Cc1cc(C(=O)CC(c2ccccc2)C2CCNCC2)n(Cc2ccccc2)n1. The van der Waals surface area contributed by atoms with E-state index in [1.807, 2.05) is 41.9 Å². The summed E-state index contributed by atoms with van der Waals surface area (Å²) in [5.74, 6) is 0.981. The van der Waals surface area contributed by atoms with Crippen molar-refractivity contribution in [2.75, 3.05) is 13.1 Å². The molecular weight excluding hydrogens is 358 g/mol. The molecule has 150 valence electrons. The van der Waals surface area contributed by atoms with Crippen molar-refractivity contribution in [1.82, 2.24) is 15.1 Å². The lowest BCUT2D eigenvalue weighted by Crippen LogP contribution is -2.31. The Kier molecular flexibility index (Phi) is 6.20. The quantitative estimate of drug-likeness (QED) is 0.603. The molecule has 3 aromatic rings. The summed E-state index contributed by atoms with van der Waals surface area (Å²) < 4.78 is 1.87. The van der Waals surface area contributed by atoms with Crippen molar-refractivity contribution in [2.45, 2.75) is 38.6 Å². The molecule has 1 saturated heterocycles. The molecule has 4 nitrogen and oxygen atoms in total. The highest BCUT2D eigenvalue weighted by atomic mass is 16.1. The third kappa shape index (κ3) is 4.83. The largest absolute Gasteiger partial charge is 0.317 e. The lowest BCUT2D eigenvalue weighted by molar-refractivity contribution is 0.0949. The number of nitrogens with one attached hydrogen (secondary N) is 1. The molecule has 29 heavy (non-hydrogen) atoms. The van der Waals surface area contributed by atoms with Gasteiger partial charge in [-0.3, -0.25) is 9.48 Å². The van der Waals surface area contributed by atoms with Crippen LogP contribution in [0.15, 0.2) is 66.7 Å². The highest BCUT2D eigenvalue weighted by Gasteiger charge is 2.28. The number of nitrogens with zero attached hydrogens (tertiary/aromatic N) is 2. The highest BCUT2D eigenvalue weighted by molar-refractivity contribution is 5.95. The monoisotopic (exact) mass is 387 g/mol. The van der Waals surface area contributed by atoms with Gasteiger partial charge in [-0.05, 0) is 61.9 Å². The number of hydrogen-bond acceptors (Lipinski definition) is 3. The number of aromatic nitrogens is 2. The Morgan fingerprint density at radius 3 is 2.41 bits per heavy atom. The zero-order valence-electron chi connectivity index (χ0n) is 17.1. The average molecular weight is 388 g/mol. The van der Waals surface area contributed by atoms with Gasteiger partial charge in [0.1, 0.15) is 5.69 Å². The lowest BCUT2D eigenvalue weighted by Gasteiger charge is -2.31. The number of hydrogen-bond donors (Lipinski definition) is 1. The van der Waals surface area contributed by atoms with Gasteiger partial charge in [0.2, 0.25) is 0 Å². The van der Waals surface area contributed by atoms with Crippen LogP contribution in [0.2, 0.25) is 0 Å². The minimum atomic E-state index is 0.189. The molecule has 4 rings (SSSR count). The third-order valence-electron chi connectivity index (χ3n) is 5.95. The molecule has 0 bridgehead atoms. The zero-order chi connectivity index (χ0) is 20.1. The number of aryl methyl sites for hydroxylation is 1. The first-order chi connectivity index (χ1) is 14.2. The maximum atomic E-state index is 13.4. The Hall–Kier alpha value is -2.72. The van der Waals surface area contributed by atoms with Crippen LogP contribution in [0.3, 0.4) is 0 Å². The number of piperidine rings is 1. The van der Waals surface area contributed by atoms with Crippen LogP contribution in [0, 0.1) is 12.8 Å². The summed E-state index contributed by atoms with van der Waals surface area (Å²) in [6.07, 6.45) is 2.78. The van der Waals surface area contributed by atoms with E-state index in [4.69, 9.17) is 0 Å². The normalized spacial score (nSPS) is 15.9. The Bertz CT molecular complexity index is 927. The van der Waals surface area contributed by atoms with Gasteiger partial charge in [-0.25, -0.2) is 0 Å². The number of benzene rings is 2. The predicted molar refractivity (Wildman–Crippen MR) is 116 cm³/mol. The number of rotatable bonds is 7. The molecule has 1 aliphatic heterocycles. The number of ketones is 1. The van der Waals surface area contributed by atoms with Crippen molar-refractivity contribution in [3.05, 3.63) is 89.2 Å². The fourth-order valence-corrected chi connectivity index (χ4v) is 4.45. The lowest BCUT2D eigenvalue weighted by atomic mass is 9.77. The fourth-order valence-electron chi connectivity index (χ4n) is 4.45. The van der Waals surface area contributed by atoms with Gasteiger partial charge in [0, 0.05) is 6.42 Å². The molecule has 1 fully saturated rings. The Labute approximate surface area is 173 Å². The van der Waals surface area contributed by atoms with Gasteiger partial charge >= 0.3 is 0 Å². The molecule has 1 atom stereocenters. The molecule has 0 spiro atoms. The summed E-state index contributed by atoms with van der Waals surface area (Å²) in [4.78, 5) is 13.4. The zero-order valence-corrected chi connectivity index (χ0v) is 17.1. The van der Waals surface area contributed by atoms with Gasteiger partial charge in [0.05, 0.1) is 12.2 Å². The van der Waals surface area contributed by atoms with E-state index in [0.29, 0.717) is 18.9 Å². The average Bonchev–Trinajstić information content (AvgIpc) is 3.14. The summed E-state index contributed by atoms with van der Waals surface area (Å²) >= 11 is 0. The van der Waals surface area contributed by atoms with Crippen LogP contribution in [0.5, 0.6) is 0 Å². The summed E-state index contributed by atoms with van der Waals surface area (Å²) in [5, 5.41) is 8.05. The molecule has 0 saturated carbocycles. The van der Waals surface area contributed by atoms with Crippen molar-refractivity contribution in [2.24, 2.45) is 5.92 Å². The molecule has 1 unspecified atom stereocenters. The maximum absolute atomic E-state index is 13.4. The van der Waals surface area contributed by atoms with Crippen molar-refractivity contribution in [3.8, 4) is 0 Å². The van der Waals surface area contributed by atoms with Crippen LogP contribution in [0.25, 0.3) is 0 Å². The summed E-state index contributed by atoms with van der Waals surface area (Å²) in [6.45, 7) is 4.65. The second kappa shape index (κ2) is 9.19. The van der Waals surface area contributed by atoms with Crippen LogP contribution in [0.4, 0.5) is 0 Å². The van der Waals surface area contributed by atoms with E-state index >= 15 is 0 Å². The molecule has 1 N–H and O–H groups in total. The molecule has 0 radical (unpaired) electrons. The van der Waals surface area contributed by atoms with E-state index < -0.39 is 0 Å². The summed E-state index contributed by atoms with van der Waals surface area (Å²) in [6, 6.07) is 22.7. The number of Topliss-reactive ketones (excluding diaryl/α,β-unsaturated/α-hetero) is 1. The third-order valence-corrected chi connectivity index (χ3v) is 5.95. The molecular formula is C25H29N3O. The number of carbonyl (C=O) groups is 1. The molecule has 0 aliphatic carbocycles. The minimum Gasteiger partial charge on any atom is -0.317 e. The van der Waals surface area contributed by atoms with Gasteiger partial charge in [0.15, 0.2) is 5.78 Å². The van der Waals surface area contributed by atoms with E-state index in [0.717, 1.165) is 42.9 Å². The summed E-state index contributed by atoms with van der Waals surface area (Å²) in [5.41, 5.74) is 4.05. The second-order valence-electron chi connectivity index (χ2n) is 8.05. The first-order valence-corrected chi connectivity index (χ1v) is 10.6. The van der Waals surface area contributed by atoms with Gasteiger partial charge < -0.3 is 5.32 Å². The smallest absolute Gasteiger partial charge is 0.181 e. The predicted octanol–water partition coefficient (Wildman–Crippen LogP) is 4.60. The first-order valence-electron chi connectivity index (χ1n) is 10.6. The maximum Gasteiger partial charge on any atom is 0.181 e. The molecule has 1 aliphatic rings. The van der Waals surface area contributed by atoms with E-state index in [-0.39, 0.29) is 11.7 Å². The van der Waals surface area contributed by atoms with Gasteiger partial charge in [0.25, 0.3) is 0 Å². The standard InChI is InChI=1S/C25H29N3O/c1-19-16-24(28(27-19)18-20-8-4-2-5-9-20)25(29)17-23(21-10-6-3-7-11-21)22-12-14-26-15-13-22/h2-11,16,22-23,26H,12-15,17-18H2,1H3. The van der Waals surface area contributed by atoms with Crippen LogP contribution in [-0.2, 0) is 6.54 Å². The fraction of sp³-hybridized carbons (Fsp3) is 0.360. The second-order valence-corrected chi connectivity index (χ2v) is 8.05. The topological polar surface area (TPSA) is 46.9 Å². The molecule has 0 amide bonds. The Morgan fingerprint density at radius 1 is 1.07 bits per heavy atom. The highest BCUT2D eigenvalue weighted by Crippen LogP contribution is 2.35. The molecule has 2 aromatic carbocycles. The van der Waals surface area contributed by atoms with Crippen molar-refractivity contribution >= 4 is 5.78 Å². The minimum absolute atomic E-state index is 0.189. The van der Waals surface area contributed by atoms with Crippen LogP contribution in [-0.4, -0.2) is 28.7 Å². The molecule has 4 heteroatoms. The number of carbonyl (C=O) groups excluding carboxylic acids is 1. The Morgan fingerprint density at radius 2 is 1.72 bits per heavy atom. The Balaban J connectivity index is 1.58. The first kappa shape index (κ1) is 19.6. The molecule has 2 heterocycles. The van der Waals surface area contributed by atoms with Gasteiger partial charge in [-0.15, -0.1) is 0 Å². The van der Waals surface area contributed by atoms with Crippen LogP contribution >= 0.6 is 0 Å². The van der Waals surface area contributed by atoms with Crippen molar-refractivity contribution in [3.63, 3.8) is 0 Å². The van der Waals surface area contributed by atoms with E-state index in [1.165, 1.54) is 5.56 Å². The summed E-state index contributed by atoms with van der Waals surface area (Å²) in [7, 11) is 0. The van der Waals surface area contributed by atoms with Gasteiger partial charge in [-0.2, -0.15) is 5.10 Å². The van der Waals surface area contributed by atoms with E-state index in [1.54, 1.807) is 0 Å². The van der Waals surface area contributed by atoms with Crippen molar-refractivity contribution in [1.29, 1.82) is 0 Å². The molecule has 1 aromatic heterocycles. The van der Waals surface area contributed by atoms with E-state index in [9.17, 15) is 4.79 Å². The van der Waals surface area contributed by atoms with E-state index in [2.05, 4.69) is 46.8 Å². The van der Waals surface area contributed by atoms with Crippen LogP contribution in [0.1, 0.15) is 52.5 Å².